The highest BCUT2D eigenvalue weighted by Crippen LogP contribution is 2.60. The van der Waals surface area contributed by atoms with Gasteiger partial charge in [-0.15, -0.1) is 0 Å². The number of ether oxygens (including phenoxy) is 1. The van der Waals surface area contributed by atoms with Crippen LogP contribution in [0.5, 0.6) is 0 Å². The van der Waals surface area contributed by atoms with E-state index in [1.807, 2.05) is 85.8 Å². The van der Waals surface area contributed by atoms with Gasteiger partial charge in [0.2, 0.25) is 14.3 Å². The summed E-state index contributed by atoms with van der Waals surface area (Å²) in [4.78, 5) is 60.3. The number of aliphatic hydroxyl groups excluding tert-OH is 1. The quantitative estimate of drug-likeness (QED) is 0.116. The average molecular weight is 837 g/mol. The highest BCUT2D eigenvalue weighted by Gasteiger charge is 2.67. The molecule has 61 heavy (non-hydrogen) atoms. The second-order valence-corrected chi connectivity index (χ2v) is 21.0. The van der Waals surface area contributed by atoms with E-state index in [2.05, 4.69) is 10.2 Å². The van der Waals surface area contributed by atoms with E-state index in [0.29, 0.717) is 57.4 Å². The molecular formula is C47H45FN6O6Si. The average Bonchev–Trinajstić information content (AvgIpc) is 3.95. The minimum absolute atomic E-state index is 0.0915. The normalized spacial score (nSPS) is 22.4. The van der Waals surface area contributed by atoms with E-state index in [9.17, 15) is 19.5 Å². The van der Waals surface area contributed by atoms with Gasteiger partial charge in [0, 0.05) is 23.6 Å². The molecule has 5 aromatic carbocycles. The number of aliphatic hydroxyl groups is 1. The molecule has 1 fully saturated rings. The molecule has 0 unspecified atom stereocenters. The lowest BCUT2D eigenvalue weighted by Gasteiger charge is -2.37. The van der Waals surface area contributed by atoms with Crippen LogP contribution in [-0.2, 0) is 39.4 Å². The highest BCUT2D eigenvalue weighted by molar-refractivity contribution is 6.72. The topological polar surface area (TPSA) is 146 Å². The lowest BCUT2D eigenvalue weighted by molar-refractivity contribution is -0.151. The molecule has 0 aliphatic carbocycles. The number of benzene rings is 5. The summed E-state index contributed by atoms with van der Waals surface area (Å²) in [5.41, 5.74) is 3.25. The van der Waals surface area contributed by atoms with Gasteiger partial charge in [0.1, 0.15) is 0 Å². The Kier molecular flexibility index (Phi) is 9.16. The second-order valence-electron chi connectivity index (χ2n) is 17.2. The molecular weight excluding hydrogens is 792 g/mol. The SMILES string of the molecule is C[C@H]1[C@H]([Si](C)(C)F)[C@@H](CC(=O)N2Cc3ccccc3C[C@H]2CO)O[C@]12C(=O)N(Cc1cccc(-n3[nH]c4ccccc4c3=O)c1)c1ccc(-n3[nH]c4ccccc4c3=O)cc12. The molecule has 1 saturated heterocycles. The Balaban J connectivity index is 1.06. The van der Waals surface area contributed by atoms with Crippen LogP contribution in [0, 0.1) is 5.92 Å². The van der Waals surface area contributed by atoms with Crippen molar-refractivity contribution in [2.24, 2.45) is 5.92 Å². The first-order chi connectivity index (χ1) is 29.4. The summed E-state index contributed by atoms with van der Waals surface area (Å²) in [6.45, 7) is 5.19. The number of halogens is 1. The fourth-order valence-electron chi connectivity index (χ4n) is 10.3. The standard InChI is InChI=1S/C47H45FN6O6Si/c1-28-43(61(2,3)48)41(24-42(56)51-26-31-13-5-4-12-30(31)22-34(51)27-55)60-47(28)37-23-33(54-45(58)36-16-7-9-18-39(36)50-54)19-20-40(37)52(46(47)59)25-29-11-10-14-32(21-29)53-44(57)35-15-6-8-17-38(35)49-53/h4-21,23,28,34,41,43,49-50,55H,22,24-27H2,1-3H3/t28-,34-,41+,43-,47+/m0/s1. The van der Waals surface area contributed by atoms with Crippen LogP contribution in [-0.4, -0.2) is 68.5 Å². The maximum absolute atomic E-state index is 16.9. The Morgan fingerprint density at radius 2 is 1.44 bits per heavy atom. The Morgan fingerprint density at radius 3 is 2.08 bits per heavy atom. The predicted octanol–water partition coefficient (Wildman–Crippen LogP) is 6.61. The van der Waals surface area contributed by atoms with Crippen molar-refractivity contribution in [3.63, 3.8) is 0 Å². The highest BCUT2D eigenvalue weighted by atomic mass is 28.4. The molecule has 2 amide bonds. The molecule has 5 heterocycles. The molecule has 1 spiro atoms. The number of H-pyrrole nitrogens is 2. The summed E-state index contributed by atoms with van der Waals surface area (Å²) in [5, 5.41) is 17.8. The number of carbonyl (C=O) groups excluding carboxylic acids is 2. The van der Waals surface area contributed by atoms with Gasteiger partial charge in [0.05, 0.1) is 70.6 Å². The van der Waals surface area contributed by atoms with E-state index in [1.54, 1.807) is 59.3 Å². The molecule has 3 N–H and O–H groups in total. The Labute approximate surface area is 350 Å². The summed E-state index contributed by atoms with van der Waals surface area (Å²) >= 11 is 0. The number of aromatic amines is 2. The van der Waals surface area contributed by atoms with Crippen molar-refractivity contribution < 1.29 is 23.5 Å². The van der Waals surface area contributed by atoms with Crippen LogP contribution >= 0.6 is 0 Å². The van der Waals surface area contributed by atoms with E-state index in [4.69, 9.17) is 4.74 Å². The van der Waals surface area contributed by atoms with Crippen molar-refractivity contribution in [1.82, 2.24) is 24.5 Å². The van der Waals surface area contributed by atoms with Crippen LogP contribution in [0.25, 0.3) is 33.2 Å². The Bertz CT molecular complexity index is 3020. The molecule has 0 radical (unpaired) electrons. The number of nitrogens with zero attached hydrogens (tertiary/aromatic N) is 4. The molecule has 5 atom stereocenters. The zero-order chi connectivity index (χ0) is 42.4. The van der Waals surface area contributed by atoms with Gasteiger partial charge in [-0.3, -0.25) is 29.4 Å². The number of carbonyl (C=O) groups is 2. The molecule has 2 aromatic heterocycles. The van der Waals surface area contributed by atoms with Crippen LogP contribution in [0.1, 0.15) is 35.6 Å². The van der Waals surface area contributed by atoms with Gasteiger partial charge in [-0.05, 0) is 90.8 Å². The van der Waals surface area contributed by atoms with Crippen LogP contribution in [0.3, 0.4) is 0 Å². The van der Waals surface area contributed by atoms with E-state index >= 15 is 8.90 Å². The van der Waals surface area contributed by atoms with Crippen molar-refractivity contribution in [3.8, 4) is 11.4 Å². The molecule has 3 aliphatic heterocycles. The molecule has 0 bridgehead atoms. The number of hydrogen-bond donors (Lipinski definition) is 3. The number of fused-ring (bicyclic) bond motifs is 5. The summed E-state index contributed by atoms with van der Waals surface area (Å²) in [5.74, 6) is -1.39. The molecule has 12 nitrogen and oxygen atoms in total. The molecule has 3 aliphatic rings. The minimum atomic E-state index is -3.68. The molecule has 0 saturated carbocycles. The first-order valence-electron chi connectivity index (χ1n) is 20.7. The fraction of sp³-hybridized carbons (Fsp3) is 0.277. The molecule has 14 heteroatoms. The molecule has 10 rings (SSSR count). The Morgan fingerprint density at radius 1 is 0.820 bits per heavy atom. The molecule has 7 aromatic rings. The van der Waals surface area contributed by atoms with Crippen LogP contribution in [0.4, 0.5) is 9.80 Å². The van der Waals surface area contributed by atoms with Crippen molar-refractivity contribution in [3.05, 3.63) is 158 Å². The fourth-order valence-corrected chi connectivity index (χ4v) is 12.8. The number of amides is 2. The van der Waals surface area contributed by atoms with Gasteiger partial charge in [-0.1, -0.05) is 67.6 Å². The number of rotatable bonds is 8. The van der Waals surface area contributed by atoms with Gasteiger partial charge < -0.3 is 23.8 Å². The van der Waals surface area contributed by atoms with E-state index < -0.39 is 43.5 Å². The van der Waals surface area contributed by atoms with Gasteiger partial charge in [0.25, 0.3) is 17.0 Å². The largest absolute Gasteiger partial charge is 0.394 e. The lowest BCUT2D eigenvalue weighted by Crippen LogP contribution is -2.48. The minimum Gasteiger partial charge on any atom is -0.394 e. The lowest BCUT2D eigenvalue weighted by atomic mass is 9.82. The van der Waals surface area contributed by atoms with Gasteiger partial charge in [-0.25, -0.2) is 9.36 Å². The maximum Gasteiger partial charge on any atom is 0.279 e. The van der Waals surface area contributed by atoms with Crippen molar-refractivity contribution >= 4 is 47.7 Å². The van der Waals surface area contributed by atoms with Crippen molar-refractivity contribution in [2.45, 2.75) is 69.2 Å². The number of hydrogen-bond acceptors (Lipinski definition) is 6. The molecule has 310 valence electrons. The van der Waals surface area contributed by atoms with Crippen molar-refractivity contribution in [1.29, 1.82) is 0 Å². The third-order valence-electron chi connectivity index (χ3n) is 13.2. The monoisotopic (exact) mass is 836 g/mol. The van der Waals surface area contributed by atoms with Crippen LogP contribution < -0.4 is 16.0 Å². The number of nitrogens with one attached hydrogen (secondary N) is 2. The number of anilines is 1. The van der Waals surface area contributed by atoms with Crippen molar-refractivity contribution in [2.75, 3.05) is 11.5 Å². The van der Waals surface area contributed by atoms with E-state index in [-0.39, 0.29) is 36.6 Å². The summed E-state index contributed by atoms with van der Waals surface area (Å²) < 4.78 is 26.9. The first-order valence-corrected chi connectivity index (χ1v) is 23.6. The second kappa shape index (κ2) is 14.4. The third-order valence-corrected chi connectivity index (χ3v) is 15.6. The summed E-state index contributed by atoms with van der Waals surface area (Å²) in [7, 11) is -3.68. The zero-order valence-corrected chi connectivity index (χ0v) is 35.0. The van der Waals surface area contributed by atoms with Gasteiger partial charge in [0.15, 0.2) is 5.60 Å². The predicted molar refractivity (Wildman–Crippen MR) is 233 cm³/mol. The summed E-state index contributed by atoms with van der Waals surface area (Å²) in [6, 6.07) is 34.5. The smallest absolute Gasteiger partial charge is 0.279 e. The van der Waals surface area contributed by atoms with Crippen LogP contribution in [0.2, 0.25) is 18.6 Å². The van der Waals surface area contributed by atoms with E-state index in [1.165, 1.54) is 9.36 Å². The van der Waals surface area contributed by atoms with E-state index in [0.717, 1.165) is 16.7 Å². The van der Waals surface area contributed by atoms with Gasteiger partial charge >= 0.3 is 0 Å². The first kappa shape index (κ1) is 38.8. The maximum atomic E-state index is 16.9. The third kappa shape index (κ3) is 6.14. The zero-order valence-electron chi connectivity index (χ0n) is 34.0. The Hall–Kier alpha value is -6.35. The number of aromatic nitrogens is 4. The number of para-hydroxylation sites is 2. The van der Waals surface area contributed by atoms with Gasteiger partial charge in [-0.2, -0.15) is 0 Å². The van der Waals surface area contributed by atoms with Crippen LogP contribution in [0.15, 0.2) is 125 Å². The summed E-state index contributed by atoms with van der Waals surface area (Å²) in [6.07, 6.45) is -0.649.